The van der Waals surface area contributed by atoms with Gasteiger partial charge in [-0.2, -0.15) is 0 Å². The number of hydrogen-bond donors (Lipinski definition) is 1. The fraction of sp³-hybridized carbons (Fsp3) is 0.583. The van der Waals surface area contributed by atoms with Gasteiger partial charge in [-0.3, -0.25) is 4.98 Å². The number of nitrogens with two attached hydrogens (primary N) is 1. The fourth-order valence-corrected chi connectivity index (χ4v) is 1.64. The number of hydrogen-bond acceptors (Lipinski definition) is 3. The molecule has 90 valence electrons. The van der Waals surface area contributed by atoms with Gasteiger partial charge in [0.05, 0.1) is 6.61 Å². The molecular weight excluding hydrogens is 207 g/mol. The van der Waals surface area contributed by atoms with Crippen LogP contribution in [0.1, 0.15) is 24.1 Å². The van der Waals surface area contributed by atoms with E-state index in [9.17, 15) is 4.39 Å². The molecule has 0 saturated carbocycles. The van der Waals surface area contributed by atoms with Crippen LogP contribution in [-0.2, 0) is 10.4 Å². The van der Waals surface area contributed by atoms with Crippen molar-refractivity contribution in [2.24, 2.45) is 5.73 Å². The van der Waals surface area contributed by atoms with Gasteiger partial charge in [0.2, 0.25) is 0 Å². The third-order valence-corrected chi connectivity index (χ3v) is 2.58. The predicted octanol–water partition coefficient (Wildman–Crippen LogP) is 1.94. The zero-order valence-electron chi connectivity index (χ0n) is 9.87. The highest BCUT2D eigenvalue weighted by atomic mass is 19.1. The molecule has 1 aromatic rings. The van der Waals surface area contributed by atoms with Crippen molar-refractivity contribution in [1.82, 2.24) is 4.98 Å². The minimum atomic E-state index is -1.48. The van der Waals surface area contributed by atoms with Crippen molar-refractivity contribution >= 4 is 0 Å². The average Bonchev–Trinajstić information content (AvgIpc) is 2.27. The zero-order chi connectivity index (χ0) is 12.0. The quantitative estimate of drug-likeness (QED) is 0.806. The first-order chi connectivity index (χ1) is 7.62. The van der Waals surface area contributed by atoms with Gasteiger partial charge in [-0.25, -0.2) is 4.39 Å². The van der Waals surface area contributed by atoms with Crippen molar-refractivity contribution in [2.45, 2.75) is 25.4 Å². The highest BCUT2D eigenvalue weighted by Crippen LogP contribution is 2.31. The molecule has 2 N–H and O–H groups in total. The molecule has 1 atom stereocenters. The summed E-state index contributed by atoms with van der Waals surface area (Å²) in [6.07, 6.45) is 2.57. The summed E-state index contributed by atoms with van der Waals surface area (Å²) in [7, 11) is 1.50. The monoisotopic (exact) mass is 226 g/mol. The lowest BCUT2D eigenvalue weighted by molar-refractivity contribution is 0.0301. The molecular formula is C12H19FN2O. The molecule has 4 heteroatoms. The number of methoxy groups -OCH3 is 1. The smallest absolute Gasteiger partial charge is 0.160 e. The largest absolute Gasteiger partial charge is 0.381 e. The lowest BCUT2D eigenvalue weighted by Gasteiger charge is -2.24. The van der Waals surface area contributed by atoms with Gasteiger partial charge in [0.15, 0.2) is 5.67 Å². The molecule has 1 heterocycles. The van der Waals surface area contributed by atoms with E-state index in [-0.39, 0.29) is 6.61 Å². The Morgan fingerprint density at radius 1 is 1.50 bits per heavy atom. The lowest BCUT2D eigenvalue weighted by atomic mass is 9.93. The van der Waals surface area contributed by atoms with E-state index in [1.165, 1.54) is 7.11 Å². The minimum absolute atomic E-state index is 0.0394. The zero-order valence-corrected chi connectivity index (χ0v) is 9.87. The van der Waals surface area contributed by atoms with E-state index >= 15 is 0 Å². The summed E-state index contributed by atoms with van der Waals surface area (Å²) in [5, 5.41) is 0. The Morgan fingerprint density at radius 2 is 2.25 bits per heavy atom. The van der Waals surface area contributed by atoms with E-state index in [4.69, 9.17) is 10.5 Å². The summed E-state index contributed by atoms with van der Waals surface area (Å²) in [4.78, 5) is 4.11. The Hall–Kier alpha value is -1.00. The molecule has 1 rings (SSSR count). The van der Waals surface area contributed by atoms with E-state index < -0.39 is 5.67 Å². The van der Waals surface area contributed by atoms with E-state index in [0.29, 0.717) is 24.9 Å². The summed E-state index contributed by atoms with van der Waals surface area (Å²) in [6.45, 7) is 2.40. The number of pyridine rings is 1. The van der Waals surface area contributed by atoms with E-state index in [2.05, 4.69) is 4.98 Å². The van der Waals surface area contributed by atoms with Crippen molar-refractivity contribution in [3.8, 4) is 0 Å². The number of alkyl halides is 1. The van der Waals surface area contributed by atoms with Gasteiger partial charge in [-0.1, -0.05) is 6.07 Å². The van der Waals surface area contributed by atoms with Crippen LogP contribution in [0.4, 0.5) is 4.39 Å². The molecule has 0 aromatic carbocycles. The van der Waals surface area contributed by atoms with Crippen LogP contribution in [0.5, 0.6) is 0 Å². The van der Waals surface area contributed by atoms with Crippen LogP contribution < -0.4 is 5.73 Å². The topological polar surface area (TPSA) is 48.1 Å². The molecule has 0 bridgehead atoms. The van der Waals surface area contributed by atoms with Crippen molar-refractivity contribution in [1.29, 1.82) is 0 Å². The molecule has 0 spiro atoms. The Labute approximate surface area is 95.8 Å². The second-order valence-electron chi connectivity index (χ2n) is 3.98. The second kappa shape index (κ2) is 5.92. The number of aryl methyl sites for hydroxylation is 1. The molecule has 1 aromatic heterocycles. The van der Waals surface area contributed by atoms with Gasteiger partial charge in [0, 0.05) is 24.6 Å². The van der Waals surface area contributed by atoms with Crippen LogP contribution in [0.15, 0.2) is 18.3 Å². The second-order valence-corrected chi connectivity index (χ2v) is 3.98. The van der Waals surface area contributed by atoms with E-state index in [0.717, 1.165) is 5.69 Å². The van der Waals surface area contributed by atoms with Gasteiger partial charge in [-0.05, 0) is 32.4 Å². The number of halogens is 1. The third kappa shape index (κ3) is 3.25. The van der Waals surface area contributed by atoms with Crippen molar-refractivity contribution in [3.63, 3.8) is 0 Å². The number of rotatable bonds is 6. The van der Waals surface area contributed by atoms with Crippen molar-refractivity contribution < 1.29 is 9.13 Å². The Bertz CT molecular complexity index is 315. The lowest BCUT2D eigenvalue weighted by Crippen LogP contribution is -2.27. The van der Waals surface area contributed by atoms with Crippen LogP contribution in [0.25, 0.3) is 0 Å². The first kappa shape index (κ1) is 13.1. The maximum Gasteiger partial charge on any atom is 0.160 e. The van der Waals surface area contributed by atoms with Gasteiger partial charge < -0.3 is 10.5 Å². The molecule has 0 radical (unpaired) electrons. The first-order valence-electron chi connectivity index (χ1n) is 5.43. The predicted molar refractivity (Wildman–Crippen MR) is 61.9 cm³/mol. The van der Waals surface area contributed by atoms with Gasteiger partial charge in [0.25, 0.3) is 0 Å². The summed E-state index contributed by atoms with van der Waals surface area (Å²) < 4.78 is 19.6. The third-order valence-electron chi connectivity index (χ3n) is 2.58. The van der Waals surface area contributed by atoms with Crippen LogP contribution in [-0.4, -0.2) is 25.2 Å². The average molecular weight is 226 g/mol. The maximum absolute atomic E-state index is 14.6. The van der Waals surface area contributed by atoms with Gasteiger partial charge in [-0.15, -0.1) is 0 Å². The number of aromatic nitrogens is 1. The standard InChI is InChI=1S/C12H19FN2O/c1-10-4-5-11(8-15-10)12(13,9-16-2)6-3-7-14/h4-5,8H,3,6-7,9,14H2,1-2H3. The fourth-order valence-electron chi connectivity index (χ4n) is 1.64. The first-order valence-corrected chi connectivity index (χ1v) is 5.43. The highest BCUT2D eigenvalue weighted by Gasteiger charge is 2.31. The summed E-state index contributed by atoms with van der Waals surface area (Å²) in [5.74, 6) is 0. The Kier molecular flexibility index (Phi) is 4.83. The molecule has 0 saturated heterocycles. The maximum atomic E-state index is 14.6. The molecule has 0 aliphatic rings. The minimum Gasteiger partial charge on any atom is -0.381 e. The summed E-state index contributed by atoms with van der Waals surface area (Å²) in [6, 6.07) is 3.57. The van der Waals surface area contributed by atoms with Gasteiger partial charge >= 0.3 is 0 Å². The van der Waals surface area contributed by atoms with Crippen LogP contribution >= 0.6 is 0 Å². The van der Waals surface area contributed by atoms with E-state index in [1.807, 2.05) is 13.0 Å². The molecule has 0 fully saturated rings. The molecule has 1 unspecified atom stereocenters. The Balaban J connectivity index is 2.86. The number of ether oxygens (including phenoxy) is 1. The van der Waals surface area contributed by atoms with Crippen LogP contribution in [0.3, 0.4) is 0 Å². The Morgan fingerprint density at radius 3 is 2.75 bits per heavy atom. The highest BCUT2D eigenvalue weighted by molar-refractivity contribution is 5.21. The summed E-state index contributed by atoms with van der Waals surface area (Å²) >= 11 is 0. The normalized spacial score (nSPS) is 14.8. The van der Waals surface area contributed by atoms with Crippen molar-refractivity contribution in [3.05, 3.63) is 29.6 Å². The molecule has 16 heavy (non-hydrogen) atoms. The molecule has 0 aliphatic carbocycles. The van der Waals surface area contributed by atoms with Crippen LogP contribution in [0, 0.1) is 6.92 Å². The van der Waals surface area contributed by atoms with Crippen LogP contribution in [0.2, 0.25) is 0 Å². The van der Waals surface area contributed by atoms with Crippen molar-refractivity contribution in [2.75, 3.05) is 20.3 Å². The van der Waals surface area contributed by atoms with Gasteiger partial charge in [0.1, 0.15) is 0 Å². The summed E-state index contributed by atoms with van der Waals surface area (Å²) in [5.41, 5.74) is 5.37. The van der Waals surface area contributed by atoms with E-state index in [1.54, 1.807) is 12.3 Å². The molecule has 3 nitrogen and oxygen atoms in total. The molecule has 0 amide bonds. The number of nitrogens with zero attached hydrogens (tertiary/aromatic N) is 1. The SMILES string of the molecule is COCC(F)(CCCN)c1ccc(C)nc1. The molecule has 0 aliphatic heterocycles.